The molecule has 0 heterocycles. The zero-order chi connectivity index (χ0) is 14.8. The first kappa shape index (κ1) is 15.8. The second-order valence-corrected chi connectivity index (χ2v) is 7.71. The van der Waals surface area contributed by atoms with Gasteiger partial charge in [0, 0.05) is 29.4 Å². The van der Waals surface area contributed by atoms with Crippen LogP contribution in [0.5, 0.6) is 0 Å². The molecule has 0 amide bonds. The fourth-order valence-electron chi connectivity index (χ4n) is 2.22. The summed E-state index contributed by atoms with van der Waals surface area (Å²) < 4.78 is 27.6. The predicted octanol–water partition coefficient (Wildman–Crippen LogP) is 1.96. The molecule has 0 aromatic heterocycles. The van der Waals surface area contributed by atoms with Crippen LogP contribution in [0.3, 0.4) is 0 Å². The highest BCUT2D eigenvalue weighted by Gasteiger charge is 2.34. The van der Waals surface area contributed by atoms with Crippen LogP contribution in [-0.4, -0.2) is 37.0 Å². The molecule has 7 heteroatoms. The number of hydrogen-bond acceptors (Lipinski definition) is 4. The molecular weight excluding hydrogens is 344 g/mol. The highest BCUT2D eigenvalue weighted by atomic mass is 79.9. The van der Waals surface area contributed by atoms with Crippen LogP contribution in [0, 0.1) is 0 Å². The molecule has 1 fully saturated rings. The van der Waals surface area contributed by atoms with Gasteiger partial charge in [0.25, 0.3) is 0 Å². The van der Waals surface area contributed by atoms with Gasteiger partial charge in [-0.25, -0.2) is 8.42 Å². The van der Waals surface area contributed by atoms with Gasteiger partial charge in [-0.2, -0.15) is 4.31 Å². The number of rotatable bonds is 6. The van der Waals surface area contributed by atoms with Crippen molar-refractivity contribution in [3.05, 3.63) is 22.7 Å². The average Bonchev–Trinajstić information content (AvgIpc) is 2.35. The number of anilines is 1. The van der Waals surface area contributed by atoms with E-state index in [0.717, 1.165) is 19.3 Å². The molecule has 1 saturated carbocycles. The van der Waals surface area contributed by atoms with Crippen molar-refractivity contribution < 1.29 is 13.5 Å². The van der Waals surface area contributed by atoms with E-state index in [1.807, 2.05) is 0 Å². The van der Waals surface area contributed by atoms with E-state index in [0.29, 0.717) is 23.1 Å². The maximum atomic E-state index is 12.7. The molecule has 3 N–H and O–H groups in total. The van der Waals surface area contributed by atoms with Gasteiger partial charge < -0.3 is 10.8 Å². The Morgan fingerprint density at radius 3 is 2.60 bits per heavy atom. The summed E-state index contributed by atoms with van der Waals surface area (Å²) in [5, 5.41) is 8.96. The minimum atomic E-state index is -3.55. The van der Waals surface area contributed by atoms with Crippen LogP contribution in [0.4, 0.5) is 5.69 Å². The van der Waals surface area contributed by atoms with Gasteiger partial charge in [-0.3, -0.25) is 0 Å². The number of hydrogen-bond donors (Lipinski definition) is 2. The second-order valence-electron chi connectivity index (χ2n) is 4.96. The highest BCUT2D eigenvalue weighted by molar-refractivity contribution is 9.10. The van der Waals surface area contributed by atoms with E-state index in [4.69, 9.17) is 10.8 Å². The van der Waals surface area contributed by atoms with Crippen molar-refractivity contribution in [2.75, 3.05) is 18.9 Å². The van der Waals surface area contributed by atoms with Crippen molar-refractivity contribution in [2.45, 2.75) is 36.6 Å². The Morgan fingerprint density at radius 2 is 2.10 bits per heavy atom. The summed E-state index contributed by atoms with van der Waals surface area (Å²) in [5.41, 5.74) is 6.17. The summed E-state index contributed by atoms with van der Waals surface area (Å²) in [4.78, 5) is 0.211. The fraction of sp³-hybridized carbons (Fsp3) is 0.538. The number of sulfonamides is 1. The van der Waals surface area contributed by atoms with Gasteiger partial charge in [0.2, 0.25) is 10.0 Å². The maximum Gasteiger partial charge on any atom is 0.243 e. The van der Waals surface area contributed by atoms with Crippen LogP contribution < -0.4 is 5.73 Å². The van der Waals surface area contributed by atoms with Gasteiger partial charge in [-0.05, 0) is 53.4 Å². The number of halogens is 1. The molecule has 0 atom stereocenters. The molecule has 0 radical (unpaired) electrons. The number of benzene rings is 1. The normalized spacial score (nSPS) is 16.4. The lowest BCUT2D eigenvalue weighted by atomic mass is 9.93. The molecule has 112 valence electrons. The zero-order valence-corrected chi connectivity index (χ0v) is 13.5. The summed E-state index contributed by atoms with van der Waals surface area (Å²) in [7, 11) is -3.55. The zero-order valence-electron chi connectivity index (χ0n) is 11.1. The van der Waals surface area contributed by atoms with Crippen LogP contribution in [0.2, 0.25) is 0 Å². The minimum Gasteiger partial charge on any atom is -0.398 e. The largest absolute Gasteiger partial charge is 0.398 e. The van der Waals surface area contributed by atoms with Crippen LogP contribution in [0.1, 0.15) is 25.7 Å². The fourth-order valence-corrected chi connectivity index (χ4v) is 4.22. The van der Waals surface area contributed by atoms with Crippen molar-refractivity contribution in [1.82, 2.24) is 4.31 Å². The molecule has 0 bridgehead atoms. The third kappa shape index (κ3) is 3.16. The molecule has 0 unspecified atom stereocenters. The SMILES string of the molecule is Nc1cc(S(=O)(=O)N(CCCO)C2CCC2)ccc1Br. The molecule has 0 saturated heterocycles. The Bertz CT molecular complexity index is 573. The Kier molecular flexibility index (Phi) is 5.06. The quantitative estimate of drug-likeness (QED) is 0.757. The summed E-state index contributed by atoms with van der Waals surface area (Å²) >= 11 is 3.26. The molecule has 0 spiro atoms. The molecule has 5 nitrogen and oxygen atoms in total. The van der Waals surface area contributed by atoms with Crippen LogP contribution >= 0.6 is 15.9 Å². The molecular formula is C13H19BrN2O3S. The van der Waals surface area contributed by atoms with Gasteiger partial charge >= 0.3 is 0 Å². The number of nitrogens with two attached hydrogens (primary N) is 1. The van der Waals surface area contributed by atoms with E-state index in [1.165, 1.54) is 10.4 Å². The lowest BCUT2D eigenvalue weighted by Gasteiger charge is -2.36. The lowest BCUT2D eigenvalue weighted by Crippen LogP contribution is -2.44. The topological polar surface area (TPSA) is 83.6 Å². The van der Waals surface area contributed by atoms with E-state index in [9.17, 15) is 8.42 Å². The summed E-state index contributed by atoms with van der Waals surface area (Å²) in [6.07, 6.45) is 3.27. The Hall–Kier alpha value is -0.630. The monoisotopic (exact) mass is 362 g/mol. The lowest BCUT2D eigenvalue weighted by molar-refractivity contribution is 0.198. The van der Waals surface area contributed by atoms with E-state index in [1.54, 1.807) is 12.1 Å². The summed E-state index contributed by atoms with van der Waals surface area (Å²) in [5.74, 6) is 0. The summed E-state index contributed by atoms with van der Waals surface area (Å²) in [6.45, 7) is 0.334. The Balaban J connectivity index is 2.30. The van der Waals surface area contributed by atoms with E-state index >= 15 is 0 Å². The number of nitrogens with zero attached hydrogens (tertiary/aromatic N) is 1. The van der Waals surface area contributed by atoms with Crippen LogP contribution in [0.25, 0.3) is 0 Å². The number of aliphatic hydroxyl groups excluding tert-OH is 1. The van der Waals surface area contributed by atoms with Crippen molar-refractivity contribution in [2.24, 2.45) is 0 Å². The number of aliphatic hydroxyl groups is 1. The van der Waals surface area contributed by atoms with Crippen molar-refractivity contribution >= 4 is 31.6 Å². The maximum absolute atomic E-state index is 12.7. The molecule has 1 aliphatic rings. The van der Waals surface area contributed by atoms with Crippen LogP contribution in [0.15, 0.2) is 27.6 Å². The first-order valence-corrected chi connectivity index (χ1v) is 8.88. The Labute approximate surface area is 128 Å². The molecule has 20 heavy (non-hydrogen) atoms. The number of nitrogen functional groups attached to an aromatic ring is 1. The predicted molar refractivity (Wildman–Crippen MR) is 81.8 cm³/mol. The van der Waals surface area contributed by atoms with Crippen LogP contribution in [-0.2, 0) is 10.0 Å². The highest BCUT2D eigenvalue weighted by Crippen LogP contribution is 2.31. The van der Waals surface area contributed by atoms with Gasteiger partial charge in [0.05, 0.1) is 4.90 Å². The third-order valence-electron chi connectivity index (χ3n) is 3.59. The molecule has 1 aromatic rings. The smallest absolute Gasteiger partial charge is 0.243 e. The van der Waals surface area contributed by atoms with Crippen molar-refractivity contribution in [3.63, 3.8) is 0 Å². The molecule has 0 aliphatic heterocycles. The van der Waals surface area contributed by atoms with Gasteiger partial charge in [0.1, 0.15) is 0 Å². The van der Waals surface area contributed by atoms with Gasteiger partial charge in [0.15, 0.2) is 0 Å². The second kappa shape index (κ2) is 6.43. The van der Waals surface area contributed by atoms with E-state index in [2.05, 4.69) is 15.9 Å². The van der Waals surface area contributed by atoms with Crippen molar-refractivity contribution in [1.29, 1.82) is 0 Å². The molecule has 1 aliphatic carbocycles. The van der Waals surface area contributed by atoms with E-state index in [-0.39, 0.29) is 17.5 Å². The van der Waals surface area contributed by atoms with Crippen molar-refractivity contribution in [3.8, 4) is 0 Å². The Morgan fingerprint density at radius 1 is 1.40 bits per heavy atom. The standard InChI is InChI=1S/C13H19BrN2O3S/c14-12-6-5-11(9-13(12)15)20(18,19)16(7-2-8-17)10-3-1-4-10/h5-6,9-10,17H,1-4,7-8,15H2. The average molecular weight is 363 g/mol. The van der Waals surface area contributed by atoms with E-state index < -0.39 is 10.0 Å². The molecule has 2 rings (SSSR count). The first-order chi connectivity index (χ1) is 9.46. The van der Waals surface area contributed by atoms with Gasteiger partial charge in [-0.1, -0.05) is 6.42 Å². The minimum absolute atomic E-state index is 0.0127. The first-order valence-electron chi connectivity index (χ1n) is 6.64. The third-order valence-corrected chi connectivity index (χ3v) is 6.26. The van der Waals surface area contributed by atoms with Gasteiger partial charge in [-0.15, -0.1) is 0 Å². The summed E-state index contributed by atoms with van der Waals surface area (Å²) in [6, 6.07) is 4.73. The molecule has 1 aromatic carbocycles.